The second-order valence-electron chi connectivity index (χ2n) is 4.47. The van der Waals surface area contributed by atoms with Crippen molar-refractivity contribution in [2.75, 3.05) is 19.6 Å². The molecule has 0 aromatic heterocycles. The van der Waals surface area contributed by atoms with Gasteiger partial charge in [0.05, 0.1) is 6.54 Å². The summed E-state index contributed by atoms with van der Waals surface area (Å²) < 4.78 is 0. The number of carbonyl (C=O) groups is 2. The minimum Gasteiger partial charge on any atom is -0.355 e. The van der Waals surface area contributed by atoms with Crippen LogP contribution in [0, 0.1) is 0 Å². The van der Waals surface area contributed by atoms with E-state index in [9.17, 15) is 9.59 Å². The first kappa shape index (κ1) is 14.0. The van der Waals surface area contributed by atoms with Crippen molar-refractivity contribution in [1.82, 2.24) is 16.0 Å². The maximum absolute atomic E-state index is 11.3. The fourth-order valence-corrected chi connectivity index (χ4v) is 1.43. The first-order valence-corrected chi connectivity index (χ1v) is 6.49. The largest absolute Gasteiger partial charge is 0.355 e. The van der Waals surface area contributed by atoms with Crippen molar-refractivity contribution < 1.29 is 9.59 Å². The fraction of sp³-hybridized carbons (Fsp3) is 0.833. The maximum atomic E-state index is 11.3. The van der Waals surface area contributed by atoms with Crippen molar-refractivity contribution in [1.29, 1.82) is 0 Å². The molecular weight excluding hydrogens is 218 g/mol. The molecule has 5 heteroatoms. The molecule has 0 spiro atoms. The Morgan fingerprint density at radius 3 is 2.59 bits per heavy atom. The molecule has 2 amide bonds. The summed E-state index contributed by atoms with van der Waals surface area (Å²) in [5, 5.41) is 8.75. The lowest BCUT2D eigenvalue weighted by Gasteiger charge is -2.06. The van der Waals surface area contributed by atoms with Crippen molar-refractivity contribution in [2.45, 2.75) is 45.1 Å². The highest BCUT2D eigenvalue weighted by Crippen LogP contribution is 2.18. The summed E-state index contributed by atoms with van der Waals surface area (Å²) in [6.07, 6.45) is 4.52. The lowest BCUT2D eigenvalue weighted by atomic mass is 10.3. The molecule has 98 valence electrons. The number of amides is 2. The molecular formula is C12H23N3O2. The predicted molar refractivity (Wildman–Crippen MR) is 66.6 cm³/mol. The van der Waals surface area contributed by atoms with Crippen LogP contribution in [0.25, 0.3) is 0 Å². The van der Waals surface area contributed by atoms with Crippen molar-refractivity contribution >= 4 is 11.8 Å². The van der Waals surface area contributed by atoms with Crippen molar-refractivity contribution in [2.24, 2.45) is 0 Å². The quantitative estimate of drug-likeness (QED) is 0.504. The summed E-state index contributed by atoms with van der Waals surface area (Å²) in [6.45, 7) is 3.79. The molecule has 0 unspecified atom stereocenters. The summed E-state index contributed by atoms with van der Waals surface area (Å²) in [4.78, 5) is 22.5. The van der Waals surface area contributed by atoms with E-state index in [1.807, 2.05) is 6.92 Å². The van der Waals surface area contributed by atoms with Gasteiger partial charge in [0.15, 0.2) is 0 Å². The molecule has 0 saturated heterocycles. The molecule has 17 heavy (non-hydrogen) atoms. The van der Waals surface area contributed by atoms with E-state index in [1.165, 1.54) is 0 Å². The van der Waals surface area contributed by atoms with Gasteiger partial charge < -0.3 is 16.0 Å². The molecule has 0 aromatic carbocycles. The zero-order valence-corrected chi connectivity index (χ0v) is 10.6. The van der Waals surface area contributed by atoms with E-state index in [2.05, 4.69) is 16.0 Å². The predicted octanol–water partition coefficient (Wildman–Crippen LogP) is 0.161. The molecule has 1 fully saturated rings. The Morgan fingerprint density at radius 1 is 1.18 bits per heavy atom. The lowest BCUT2D eigenvalue weighted by Crippen LogP contribution is -2.35. The third-order valence-electron chi connectivity index (χ3n) is 2.56. The Labute approximate surface area is 103 Å². The van der Waals surface area contributed by atoms with Gasteiger partial charge in [0.1, 0.15) is 0 Å². The van der Waals surface area contributed by atoms with Gasteiger partial charge in [0, 0.05) is 19.0 Å². The fourth-order valence-electron chi connectivity index (χ4n) is 1.43. The van der Waals surface area contributed by atoms with Gasteiger partial charge in [0.25, 0.3) is 0 Å². The summed E-state index contributed by atoms with van der Waals surface area (Å²) in [5.41, 5.74) is 0. The second-order valence-corrected chi connectivity index (χ2v) is 4.47. The number of carbonyl (C=O) groups excluding carboxylic acids is 2. The van der Waals surface area contributed by atoms with Crippen LogP contribution in [-0.2, 0) is 9.59 Å². The van der Waals surface area contributed by atoms with Gasteiger partial charge >= 0.3 is 0 Å². The van der Waals surface area contributed by atoms with Crippen LogP contribution >= 0.6 is 0 Å². The maximum Gasteiger partial charge on any atom is 0.233 e. The van der Waals surface area contributed by atoms with E-state index >= 15 is 0 Å². The highest BCUT2D eigenvalue weighted by molar-refractivity contribution is 5.78. The van der Waals surface area contributed by atoms with E-state index in [0.717, 1.165) is 32.2 Å². The number of rotatable bonds is 9. The normalized spacial score (nSPS) is 14.4. The standard InChI is InChI=1S/C12H23N3O2/c1-2-7-14-12(17)9-13-8-3-4-11(16)15-10-5-6-10/h10,13H,2-9H2,1H3,(H,14,17)(H,15,16). The van der Waals surface area contributed by atoms with Crippen LogP contribution in [0.15, 0.2) is 0 Å². The van der Waals surface area contributed by atoms with Crippen molar-refractivity contribution in [3.05, 3.63) is 0 Å². The Kier molecular flexibility index (Phi) is 6.62. The molecule has 5 nitrogen and oxygen atoms in total. The van der Waals surface area contributed by atoms with Crippen LogP contribution in [0.1, 0.15) is 39.0 Å². The van der Waals surface area contributed by atoms with Gasteiger partial charge in [0.2, 0.25) is 11.8 Å². The molecule has 0 aromatic rings. The summed E-state index contributed by atoms with van der Waals surface area (Å²) >= 11 is 0. The SMILES string of the molecule is CCCNC(=O)CNCCCC(=O)NC1CC1. The van der Waals surface area contributed by atoms with E-state index in [0.29, 0.717) is 25.6 Å². The van der Waals surface area contributed by atoms with E-state index in [-0.39, 0.29) is 11.8 Å². The molecule has 0 bridgehead atoms. The Balaban J connectivity index is 1.86. The number of nitrogens with one attached hydrogen (secondary N) is 3. The van der Waals surface area contributed by atoms with Crippen LogP contribution in [0.5, 0.6) is 0 Å². The second kappa shape index (κ2) is 8.06. The van der Waals surface area contributed by atoms with Crippen LogP contribution in [-0.4, -0.2) is 37.5 Å². The van der Waals surface area contributed by atoms with Crippen LogP contribution in [0.3, 0.4) is 0 Å². The van der Waals surface area contributed by atoms with Gasteiger partial charge in [-0.1, -0.05) is 6.92 Å². The van der Waals surface area contributed by atoms with Gasteiger partial charge in [-0.25, -0.2) is 0 Å². The average Bonchev–Trinajstić information content (AvgIpc) is 3.09. The van der Waals surface area contributed by atoms with Gasteiger partial charge in [-0.3, -0.25) is 9.59 Å². The van der Waals surface area contributed by atoms with Gasteiger partial charge in [-0.05, 0) is 32.2 Å². The lowest BCUT2D eigenvalue weighted by molar-refractivity contribution is -0.121. The Morgan fingerprint density at radius 2 is 1.94 bits per heavy atom. The smallest absolute Gasteiger partial charge is 0.233 e. The Hall–Kier alpha value is -1.10. The van der Waals surface area contributed by atoms with Crippen LogP contribution < -0.4 is 16.0 Å². The minimum atomic E-state index is 0.0225. The minimum absolute atomic E-state index is 0.0225. The third-order valence-corrected chi connectivity index (χ3v) is 2.56. The zero-order valence-electron chi connectivity index (χ0n) is 10.6. The highest BCUT2D eigenvalue weighted by atomic mass is 16.2. The number of hydrogen-bond donors (Lipinski definition) is 3. The highest BCUT2D eigenvalue weighted by Gasteiger charge is 2.22. The summed E-state index contributed by atoms with van der Waals surface area (Å²) in [6, 6.07) is 0.440. The first-order chi connectivity index (χ1) is 8.22. The molecule has 1 rings (SSSR count). The Bertz CT molecular complexity index is 252. The summed E-state index contributed by atoms with van der Waals surface area (Å²) in [5.74, 6) is 0.152. The van der Waals surface area contributed by atoms with Crippen molar-refractivity contribution in [3.63, 3.8) is 0 Å². The molecule has 1 aliphatic rings. The van der Waals surface area contributed by atoms with Crippen LogP contribution in [0.4, 0.5) is 0 Å². The van der Waals surface area contributed by atoms with Crippen LogP contribution in [0.2, 0.25) is 0 Å². The van der Waals surface area contributed by atoms with Gasteiger partial charge in [-0.2, -0.15) is 0 Å². The monoisotopic (exact) mass is 241 g/mol. The molecule has 0 atom stereocenters. The molecule has 1 aliphatic carbocycles. The first-order valence-electron chi connectivity index (χ1n) is 6.49. The summed E-state index contributed by atoms with van der Waals surface area (Å²) in [7, 11) is 0. The average molecular weight is 241 g/mol. The molecule has 1 saturated carbocycles. The number of hydrogen-bond acceptors (Lipinski definition) is 3. The molecule has 3 N–H and O–H groups in total. The van der Waals surface area contributed by atoms with E-state index in [1.54, 1.807) is 0 Å². The zero-order chi connectivity index (χ0) is 12.5. The molecule has 0 heterocycles. The third kappa shape index (κ3) is 7.74. The molecule has 0 aliphatic heterocycles. The van der Waals surface area contributed by atoms with E-state index < -0.39 is 0 Å². The van der Waals surface area contributed by atoms with E-state index in [4.69, 9.17) is 0 Å². The molecule has 0 radical (unpaired) electrons. The van der Waals surface area contributed by atoms with Crippen molar-refractivity contribution in [3.8, 4) is 0 Å². The van der Waals surface area contributed by atoms with Gasteiger partial charge in [-0.15, -0.1) is 0 Å². The topological polar surface area (TPSA) is 70.2 Å².